The van der Waals surface area contributed by atoms with Crippen LogP contribution in [0.2, 0.25) is 10.0 Å². The van der Waals surface area contributed by atoms with Crippen molar-refractivity contribution in [3.8, 4) is 0 Å². The Morgan fingerprint density at radius 1 is 1.19 bits per heavy atom. The second kappa shape index (κ2) is 7.58. The summed E-state index contributed by atoms with van der Waals surface area (Å²) in [6.45, 7) is 2.85. The van der Waals surface area contributed by atoms with E-state index in [1.165, 1.54) is 18.2 Å². The lowest BCUT2D eigenvalue weighted by Crippen LogP contribution is -2.35. The number of amides is 2. The summed E-state index contributed by atoms with van der Waals surface area (Å²) in [5, 5.41) is 2.79. The summed E-state index contributed by atoms with van der Waals surface area (Å²) in [5.41, 5.74) is 3.65. The van der Waals surface area contributed by atoms with Crippen LogP contribution in [-0.2, 0) is 16.4 Å². The fourth-order valence-corrected chi connectivity index (χ4v) is 4.73. The van der Waals surface area contributed by atoms with E-state index in [0.717, 1.165) is 36.2 Å². The molecular formula is C18H19Cl2N3O3S. The van der Waals surface area contributed by atoms with Gasteiger partial charge in [-0.05, 0) is 61.2 Å². The molecule has 0 aromatic heterocycles. The van der Waals surface area contributed by atoms with Gasteiger partial charge in [0, 0.05) is 30.0 Å². The smallest absolute Gasteiger partial charge is 0.333 e. The maximum atomic E-state index is 12.4. The van der Waals surface area contributed by atoms with Crippen molar-refractivity contribution in [2.45, 2.75) is 24.7 Å². The van der Waals surface area contributed by atoms with Crippen molar-refractivity contribution in [2.75, 3.05) is 23.8 Å². The zero-order valence-electron chi connectivity index (χ0n) is 14.8. The van der Waals surface area contributed by atoms with E-state index in [1.54, 1.807) is 0 Å². The number of hydrogen-bond acceptors (Lipinski definition) is 4. The van der Waals surface area contributed by atoms with Crippen LogP contribution >= 0.6 is 23.2 Å². The van der Waals surface area contributed by atoms with Gasteiger partial charge in [0.25, 0.3) is 10.0 Å². The fraction of sp³-hybridized carbons (Fsp3) is 0.278. The highest BCUT2D eigenvalue weighted by atomic mass is 35.5. The normalized spacial score (nSPS) is 13.9. The van der Waals surface area contributed by atoms with Crippen molar-refractivity contribution in [2.24, 2.45) is 0 Å². The Morgan fingerprint density at radius 2 is 1.93 bits per heavy atom. The molecule has 0 spiro atoms. The summed E-state index contributed by atoms with van der Waals surface area (Å²) < 4.78 is 26.9. The average molecular weight is 428 g/mol. The largest absolute Gasteiger partial charge is 0.374 e. The summed E-state index contributed by atoms with van der Waals surface area (Å²) in [5.74, 6) is 0. The van der Waals surface area contributed by atoms with Gasteiger partial charge in [-0.3, -0.25) is 0 Å². The van der Waals surface area contributed by atoms with Crippen molar-refractivity contribution in [1.82, 2.24) is 4.72 Å². The van der Waals surface area contributed by atoms with Gasteiger partial charge in [-0.1, -0.05) is 23.2 Å². The lowest BCUT2D eigenvalue weighted by Gasteiger charge is -2.28. The number of carbonyl (C=O) groups excluding carboxylic acids is 1. The lowest BCUT2D eigenvalue weighted by molar-refractivity contribution is 0.256. The van der Waals surface area contributed by atoms with Crippen molar-refractivity contribution < 1.29 is 13.2 Å². The van der Waals surface area contributed by atoms with E-state index in [9.17, 15) is 13.2 Å². The van der Waals surface area contributed by atoms with E-state index in [1.807, 2.05) is 30.8 Å². The molecule has 2 aromatic carbocycles. The quantitative estimate of drug-likeness (QED) is 0.769. The van der Waals surface area contributed by atoms with Gasteiger partial charge >= 0.3 is 6.03 Å². The Kier molecular flexibility index (Phi) is 5.55. The second-order valence-corrected chi connectivity index (χ2v) is 8.95. The number of hydrogen-bond donors (Lipinski definition) is 2. The number of nitrogens with one attached hydrogen (secondary N) is 2. The van der Waals surface area contributed by atoms with Gasteiger partial charge in [0.15, 0.2) is 0 Å². The third-order valence-corrected chi connectivity index (χ3v) is 6.48. The van der Waals surface area contributed by atoms with Crippen LogP contribution in [-0.4, -0.2) is 28.0 Å². The fourth-order valence-electron chi connectivity index (χ4n) is 3.06. The molecule has 2 amide bonds. The number of urea groups is 1. The number of benzene rings is 2. The first-order valence-corrected chi connectivity index (χ1v) is 10.5. The summed E-state index contributed by atoms with van der Waals surface area (Å²) in [6.07, 6.45) is 1.94. The molecule has 3 rings (SSSR count). The monoisotopic (exact) mass is 427 g/mol. The maximum absolute atomic E-state index is 12.4. The molecule has 0 saturated heterocycles. The predicted octanol–water partition coefficient (Wildman–Crippen LogP) is 4.19. The molecule has 1 aliphatic heterocycles. The Balaban J connectivity index is 1.81. The van der Waals surface area contributed by atoms with Gasteiger partial charge < -0.3 is 10.2 Å². The van der Waals surface area contributed by atoms with Gasteiger partial charge in [-0.15, -0.1) is 0 Å². The molecule has 1 aliphatic rings. The van der Waals surface area contributed by atoms with Crippen molar-refractivity contribution in [3.05, 3.63) is 51.5 Å². The minimum Gasteiger partial charge on any atom is -0.374 e. The van der Waals surface area contributed by atoms with Crippen LogP contribution in [0.1, 0.15) is 17.5 Å². The number of halogens is 2. The summed E-state index contributed by atoms with van der Waals surface area (Å²) in [7, 11) is -2.13. The van der Waals surface area contributed by atoms with Gasteiger partial charge in [0.05, 0.1) is 5.02 Å². The van der Waals surface area contributed by atoms with E-state index < -0.39 is 16.1 Å². The molecule has 144 valence electrons. The molecule has 2 aromatic rings. The summed E-state index contributed by atoms with van der Waals surface area (Å²) >= 11 is 11.8. The van der Waals surface area contributed by atoms with E-state index in [0.29, 0.717) is 5.69 Å². The Bertz CT molecular complexity index is 1010. The van der Waals surface area contributed by atoms with Gasteiger partial charge in [-0.2, -0.15) is 0 Å². The van der Waals surface area contributed by atoms with Crippen molar-refractivity contribution in [3.63, 3.8) is 0 Å². The Labute approximate surface area is 168 Å². The maximum Gasteiger partial charge on any atom is 0.333 e. The third kappa shape index (κ3) is 4.31. The Hall–Kier alpha value is -1.96. The van der Waals surface area contributed by atoms with Crippen LogP contribution < -0.4 is 14.9 Å². The zero-order chi connectivity index (χ0) is 19.8. The number of anilines is 2. The zero-order valence-corrected chi connectivity index (χ0v) is 17.2. The minimum atomic E-state index is -4.16. The van der Waals surface area contributed by atoms with Gasteiger partial charge in [0.1, 0.15) is 4.90 Å². The number of aryl methyl sites for hydroxylation is 2. The van der Waals surface area contributed by atoms with E-state index in [-0.39, 0.29) is 14.9 Å². The third-order valence-electron chi connectivity index (χ3n) is 4.43. The van der Waals surface area contributed by atoms with E-state index in [4.69, 9.17) is 23.2 Å². The number of carbonyl (C=O) groups is 1. The molecule has 0 fully saturated rings. The molecule has 1 heterocycles. The van der Waals surface area contributed by atoms with Crippen molar-refractivity contribution >= 4 is 50.6 Å². The first-order valence-electron chi connectivity index (χ1n) is 8.31. The number of nitrogens with zero attached hydrogens (tertiary/aromatic N) is 1. The van der Waals surface area contributed by atoms with E-state index >= 15 is 0 Å². The van der Waals surface area contributed by atoms with Gasteiger partial charge in [0.2, 0.25) is 0 Å². The number of fused-ring (bicyclic) bond motifs is 1. The first kappa shape index (κ1) is 19.8. The van der Waals surface area contributed by atoms with E-state index in [2.05, 4.69) is 10.2 Å². The van der Waals surface area contributed by atoms with Gasteiger partial charge in [-0.25, -0.2) is 17.9 Å². The van der Waals surface area contributed by atoms with Crippen LogP contribution in [0.3, 0.4) is 0 Å². The molecule has 27 heavy (non-hydrogen) atoms. The topological polar surface area (TPSA) is 78.5 Å². The molecule has 9 heteroatoms. The molecule has 0 unspecified atom stereocenters. The lowest BCUT2D eigenvalue weighted by atomic mass is 9.99. The second-order valence-electron chi connectivity index (χ2n) is 6.46. The van der Waals surface area contributed by atoms with Crippen LogP contribution in [0.4, 0.5) is 16.2 Å². The summed E-state index contributed by atoms with van der Waals surface area (Å²) in [6, 6.07) is 7.04. The van der Waals surface area contributed by atoms with Crippen LogP contribution in [0.25, 0.3) is 0 Å². The standard InChI is InChI=1S/C18H19Cl2N3O3S/c1-11-8-16-12(4-3-7-23(16)2)9-15(11)21-18(24)22-27(25,26)17-10-13(19)5-6-14(17)20/h5-6,8-10H,3-4,7H2,1-2H3,(H2,21,22,24). The highest BCUT2D eigenvalue weighted by Gasteiger charge is 2.22. The number of rotatable bonds is 3. The highest BCUT2D eigenvalue weighted by Crippen LogP contribution is 2.31. The first-order chi connectivity index (χ1) is 12.7. The molecule has 6 nitrogen and oxygen atoms in total. The number of sulfonamides is 1. The van der Waals surface area contributed by atoms with Crippen molar-refractivity contribution in [1.29, 1.82) is 0 Å². The molecule has 0 atom stereocenters. The SMILES string of the molecule is Cc1cc2c(cc1NC(=O)NS(=O)(=O)c1cc(Cl)ccc1Cl)CCCN2C. The average Bonchev–Trinajstić information content (AvgIpc) is 2.58. The van der Waals surface area contributed by atoms with Crippen LogP contribution in [0.15, 0.2) is 35.2 Å². The minimum absolute atomic E-state index is 0.0206. The van der Waals surface area contributed by atoms with Crippen LogP contribution in [0.5, 0.6) is 0 Å². The van der Waals surface area contributed by atoms with Crippen LogP contribution in [0, 0.1) is 6.92 Å². The Morgan fingerprint density at radius 3 is 2.67 bits per heavy atom. The molecule has 2 N–H and O–H groups in total. The molecular weight excluding hydrogens is 409 g/mol. The molecule has 0 radical (unpaired) electrons. The molecule has 0 saturated carbocycles. The highest BCUT2D eigenvalue weighted by molar-refractivity contribution is 7.90. The predicted molar refractivity (Wildman–Crippen MR) is 109 cm³/mol. The summed E-state index contributed by atoms with van der Waals surface area (Å²) in [4.78, 5) is 14.2. The molecule has 0 bridgehead atoms. The molecule has 0 aliphatic carbocycles.